The Hall–Kier alpha value is -3.60. The smallest absolute Gasteiger partial charge is 0.378 e. The Labute approximate surface area is 181 Å². The number of nitrogens with one attached hydrogen (secondary N) is 2. The molecule has 3 rings (SSSR count). The lowest BCUT2D eigenvalue weighted by atomic mass is 10.1. The number of anilines is 1. The first-order valence-electron chi connectivity index (χ1n) is 9.71. The number of urea groups is 1. The maximum atomic E-state index is 13.1. The van der Waals surface area contributed by atoms with Gasteiger partial charge in [0.2, 0.25) is 0 Å². The van der Waals surface area contributed by atoms with Crippen LogP contribution in [-0.4, -0.2) is 55.2 Å². The number of ether oxygens (including phenoxy) is 1. The first-order valence-corrected chi connectivity index (χ1v) is 9.71. The highest BCUT2D eigenvalue weighted by atomic mass is 19.4. The number of nitrogens with zero attached hydrogens (tertiary/aromatic N) is 2. The van der Waals surface area contributed by atoms with Gasteiger partial charge in [0.15, 0.2) is 0 Å². The zero-order valence-corrected chi connectivity index (χ0v) is 16.9. The van der Waals surface area contributed by atoms with E-state index in [-0.39, 0.29) is 18.1 Å². The van der Waals surface area contributed by atoms with Gasteiger partial charge in [-0.25, -0.2) is 4.79 Å². The molecule has 2 aromatic carbocycles. The van der Waals surface area contributed by atoms with E-state index < -0.39 is 18.0 Å². The van der Waals surface area contributed by atoms with Crippen molar-refractivity contribution in [3.05, 3.63) is 65.7 Å². The van der Waals surface area contributed by atoms with Crippen molar-refractivity contribution < 1.29 is 32.3 Å². The zero-order valence-electron chi connectivity index (χ0n) is 16.9. The van der Waals surface area contributed by atoms with Gasteiger partial charge in [0.25, 0.3) is 5.91 Å². The number of halogens is 3. The summed E-state index contributed by atoms with van der Waals surface area (Å²) in [7, 11) is 0. The standard InChI is InChI=1S/C21H21F3N4O4/c22-21(23,24)19(30)26-25-18(29)16-8-6-15(7-9-16)14-28(17-4-2-1-3-5-17)20(31)27-10-12-32-13-11-27/h1-9H,10-14H2,(H,25,29)(H,26,30). The molecule has 8 nitrogen and oxygen atoms in total. The van der Waals surface area contributed by atoms with Gasteiger partial charge < -0.3 is 9.64 Å². The summed E-state index contributed by atoms with van der Waals surface area (Å²) >= 11 is 0. The molecule has 0 aromatic heterocycles. The Morgan fingerprint density at radius 1 is 0.938 bits per heavy atom. The molecule has 0 saturated carbocycles. The van der Waals surface area contributed by atoms with Gasteiger partial charge >= 0.3 is 18.1 Å². The zero-order chi connectivity index (χ0) is 23.1. The number of hydrogen-bond acceptors (Lipinski definition) is 4. The van der Waals surface area contributed by atoms with Crippen LogP contribution in [0.2, 0.25) is 0 Å². The average molecular weight is 450 g/mol. The van der Waals surface area contributed by atoms with Gasteiger partial charge in [0.1, 0.15) is 0 Å². The number of carbonyl (C=O) groups excluding carboxylic acids is 3. The molecule has 0 bridgehead atoms. The predicted molar refractivity (Wildman–Crippen MR) is 109 cm³/mol. The van der Waals surface area contributed by atoms with E-state index in [1.807, 2.05) is 30.3 Å². The summed E-state index contributed by atoms with van der Waals surface area (Å²) in [5.74, 6) is -3.18. The molecule has 11 heteroatoms. The van der Waals surface area contributed by atoms with Crippen LogP contribution in [0.5, 0.6) is 0 Å². The van der Waals surface area contributed by atoms with Crippen molar-refractivity contribution in [2.24, 2.45) is 0 Å². The Bertz CT molecular complexity index is 946. The highest BCUT2D eigenvalue weighted by Gasteiger charge is 2.39. The summed E-state index contributed by atoms with van der Waals surface area (Å²) in [6.45, 7) is 2.09. The fraction of sp³-hybridized carbons (Fsp3) is 0.286. The van der Waals surface area contributed by atoms with Crippen LogP contribution in [-0.2, 0) is 16.1 Å². The summed E-state index contributed by atoms with van der Waals surface area (Å²) in [5, 5.41) is 0. The van der Waals surface area contributed by atoms with Crippen molar-refractivity contribution in [2.45, 2.75) is 12.7 Å². The van der Waals surface area contributed by atoms with Crippen molar-refractivity contribution in [2.75, 3.05) is 31.2 Å². The Balaban J connectivity index is 1.69. The third kappa shape index (κ3) is 5.97. The predicted octanol–water partition coefficient (Wildman–Crippen LogP) is 2.47. The van der Waals surface area contributed by atoms with Crippen LogP contribution in [0.25, 0.3) is 0 Å². The molecule has 32 heavy (non-hydrogen) atoms. The van der Waals surface area contributed by atoms with E-state index in [4.69, 9.17) is 4.74 Å². The number of amides is 4. The van der Waals surface area contributed by atoms with Gasteiger partial charge in [-0.2, -0.15) is 13.2 Å². The summed E-state index contributed by atoms with van der Waals surface area (Å²) < 4.78 is 41.9. The maximum Gasteiger partial charge on any atom is 0.472 e. The topological polar surface area (TPSA) is 91.0 Å². The quantitative estimate of drug-likeness (QED) is 0.701. The molecule has 2 aromatic rings. The molecule has 1 heterocycles. The second-order valence-electron chi connectivity index (χ2n) is 6.91. The molecule has 4 amide bonds. The molecule has 0 radical (unpaired) electrons. The largest absolute Gasteiger partial charge is 0.472 e. The number of carbonyl (C=O) groups is 3. The third-order valence-corrected chi connectivity index (χ3v) is 4.68. The molecular formula is C21H21F3N4O4. The fourth-order valence-electron chi connectivity index (χ4n) is 3.00. The highest BCUT2D eigenvalue weighted by Crippen LogP contribution is 2.20. The molecule has 0 atom stereocenters. The van der Waals surface area contributed by atoms with Gasteiger partial charge in [-0.1, -0.05) is 30.3 Å². The minimum Gasteiger partial charge on any atom is -0.378 e. The lowest BCUT2D eigenvalue weighted by molar-refractivity contribution is -0.174. The van der Waals surface area contributed by atoms with Crippen LogP contribution in [0.1, 0.15) is 15.9 Å². The Kier molecular flexibility index (Phi) is 7.31. The lowest BCUT2D eigenvalue weighted by Gasteiger charge is -2.33. The van der Waals surface area contributed by atoms with Crippen LogP contribution >= 0.6 is 0 Å². The Morgan fingerprint density at radius 2 is 1.56 bits per heavy atom. The van der Waals surface area contributed by atoms with Crippen molar-refractivity contribution in [3.8, 4) is 0 Å². The van der Waals surface area contributed by atoms with Crippen LogP contribution in [0, 0.1) is 0 Å². The van der Waals surface area contributed by atoms with Crippen LogP contribution in [0.15, 0.2) is 54.6 Å². The summed E-state index contributed by atoms with van der Waals surface area (Å²) in [6, 6.07) is 14.9. The van der Waals surface area contributed by atoms with E-state index in [0.717, 1.165) is 0 Å². The molecule has 1 saturated heterocycles. The second kappa shape index (κ2) is 10.1. The van der Waals surface area contributed by atoms with Gasteiger partial charge in [-0.15, -0.1) is 0 Å². The van der Waals surface area contributed by atoms with Gasteiger partial charge in [-0.3, -0.25) is 25.3 Å². The maximum absolute atomic E-state index is 13.1. The molecule has 1 fully saturated rings. The SMILES string of the molecule is O=C(NNC(=O)C(F)(F)F)c1ccc(CN(C(=O)N2CCOCC2)c2ccccc2)cc1. The van der Waals surface area contributed by atoms with E-state index >= 15 is 0 Å². The van der Waals surface area contributed by atoms with Crippen molar-refractivity contribution >= 4 is 23.5 Å². The van der Waals surface area contributed by atoms with Gasteiger partial charge in [-0.05, 0) is 29.8 Å². The van der Waals surface area contributed by atoms with Crippen molar-refractivity contribution in [1.82, 2.24) is 15.8 Å². The molecule has 2 N–H and O–H groups in total. The first-order chi connectivity index (χ1) is 15.3. The van der Waals surface area contributed by atoms with Crippen molar-refractivity contribution in [1.29, 1.82) is 0 Å². The molecule has 0 spiro atoms. The fourth-order valence-corrected chi connectivity index (χ4v) is 3.00. The molecular weight excluding hydrogens is 429 g/mol. The number of morpholine rings is 1. The minimum atomic E-state index is -5.11. The summed E-state index contributed by atoms with van der Waals surface area (Å²) in [4.78, 5) is 39.2. The minimum absolute atomic E-state index is 0.0435. The second-order valence-corrected chi connectivity index (χ2v) is 6.91. The van der Waals surface area contributed by atoms with Gasteiger partial charge in [0.05, 0.1) is 19.8 Å². The molecule has 1 aliphatic rings. The van der Waals surface area contributed by atoms with E-state index in [1.165, 1.54) is 17.6 Å². The van der Waals surface area contributed by atoms with Crippen LogP contribution in [0.3, 0.4) is 0 Å². The number of hydrogen-bond donors (Lipinski definition) is 2. The van der Waals surface area contributed by atoms with Gasteiger partial charge in [0, 0.05) is 24.3 Å². The van der Waals surface area contributed by atoms with E-state index in [2.05, 4.69) is 0 Å². The highest BCUT2D eigenvalue weighted by molar-refractivity contribution is 5.96. The Morgan fingerprint density at radius 3 is 2.16 bits per heavy atom. The number of benzene rings is 2. The molecule has 0 aliphatic carbocycles. The van der Waals surface area contributed by atoms with Crippen LogP contribution < -0.4 is 15.8 Å². The monoisotopic (exact) mass is 450 g/mol. The first kappa shape index (κ1) is 23.1. The lowest BCUT2D eigenvalue weighted by Crippen LogP contribution is -2.48. The number of hydrazine groups is 1. The molecule has 170 valence electrons. The molecule has 0 unspecified atom stereocenters. The average Bonchev–Trinajstić information content (AvgIpc) is 2.81. The number of alkyl halides is 3. The number of rotatable bonds is 4. The van der Waals surface area contributed by atoms with E-state index in [1.54, 1.807) is 27.4 Å². The summed E-state index contributed by atoms with van der Waals surface area (Å²) in [6.07, 6.45) is -5.11. The normalized spacial score (nSPS) is 13.9. The van der Waals surface area contributed by atoms with E-state index in [9.17, 15) is 27.6 Å². The number of para-hydroxylation sites is 1. The summed E-state index contributed by atoms with van der Waals surface area (Å²) in [5.41, 5.74) is 4.46. The van der Waals surface area contributed by atoms with Crippen LogP contribution in [0.4, 0.5) is 23.7 Å². The molecule has 1 aliphatic heterocycles. The van der Waals surface area contributed by atoms with Crippen molar-refractivity contribution in [3.63, 3.8) is 0 Å². The third-order valence-electron chi connectivity index (χ3n) is 4.68. The van der Waals surface area contributed by atoms with E-state index in [0.29, 0.717) is 37.6 Å².